The van der Waals surface area contributed by atoms with Crippen molar-refractivity contribution in [2.45, 2.75) is 26.8 Å². The molecule has 0 aliphatic rings. The number of hydrogen-bond acceptors (Lipinski definition) is 5. The summed E-state index contributed by atoms with van der Waals surface area (Å²) in [5, 5.41) is 0.824. The number of furan rings is 1. The molecule has 0 fully saturated rings. The van der Waals surface area contributed by atoms with Crippen LogP contribution in [0, 0.1) is 5.41 Å². The average Bonchev–Trinajstić information content (AvgIpc) is 2.86. The molecule has 21 heavy (non-hydrogen) atoms. The smallest absolute Gasteiger partial charge is 0.204 e. The summed E-state index contributed by atoms with van der Waals surface area (Å²) in [6, 6.07) is 3.48. The number of methoxy groups -OCH3 is 3. The summed E-state index contributed by atoms with van der Waals surface area (Å²) in [5.74, 6) is 2.41. The van der Waals surface area contributed by atoms with E-state index >= 15 is 0 Å². The van der Waals surface area contributed by atoms with Gasteiger partial charge in [0.05, 0.1) is 32.8 Å². The van der Waals surface area contributed by atoms with Gasteiger partial charge in [-0.3, -0.25) is 0 Å². The standard InChI is InChI=1S/C16H23NO4/c1-16(2,3)15(17)12-7-9-10(21-12)8-11(18-4)14(20-6)13(9)19-5/h7-8,15H,17H2,1-6H3. The molecule has 1 aromatic heterocycles. The number of hydrogen-bond donors (Lipinski definition) is 1. The SMILES string of the molecule is COc1cc2oc(C(N)C(C)(C)C)cc2c(OC)c1OC. The van der Waals surface area contributed by atoms with Crippen LogP contribution in [0.5, 0.6) is 17.2 Å². The molecule has 0 radical (unpaired) electrons. The van der Waals surface area contributed by atoms with Crippen LogP contribution in [0.4, 0.5) is 0 Å². The highest BCUT2D eigenvalue weighted by Gasteiger charge is 2.27. The molecular formula is C16H23NO4. The molecule has 0 aliphatic heterocycles. The molecule has 2 N–H and O–H groups in total. The molecule has 0 saturated heterocycles. The summed E-state index contributed by atoms with van der Waals surface area (Å²) in [5.41, 5.74) is 6.84. The summed E-state index contributed by atoms with van der Waals surface area (Å²) < 4.78 is 22.1. The van der Waals surface area contributed by atoms with E-state index in [1.807, 2.05) is 6.07 Å². The normalized spacial score (nSPS) is 13.3. The molecule has 1 atom stereocenters. The first-order chi connectivity index (χ1) is 9.83. The highest BCUT2D eigenvalue weighted by molar-refractivity contribution is 5.90. The highest BCUT2D eigenvalue weighted by atomic mass is 16.5. The summed E-state index contributed by atoms with van der Waals surface area (Å²) in [6.07, 6.45) is 0. The largest absolute Gasteiger partial charge is 0.493 e. The van der Waals surface area contributed by atoms with Crippen molar-refractivity contribution in [3.05, 3.63) is 17.9 Å². The van der Waals surface area contributed by atoms with Crippen LogP contribution in [-0.2, 0) is 0 Å². The van der Waals surface area contributed by atoms with E-state index in [2.05, 4.69) is 20.8 Å². The topological polar surface area (TPSA) is 66.9 Å². The number of fused-ring (bicyclic) bond motifs is 1. The van der Waals surface area contributed by atoms with Gasteiger partial charge in [0.15, 0.2) is 11.5 Å². The Morgan fingerprint density at radius 3 is 2.10 bits per heavy atom. The van der Waals surface area contributed by atoms with Crippen LogP contribution in [0.15, 0.2) is 16.5 Å². The van der Waals surface area contributed by atoms with Crippen molar-refractivity contribution >= 4 is 11.0 Å². The molecule has 1 heterocycles. The fraction of sp³-hybridized carbons (Fsp3) is 0.500. The van der Waals surface area contributed by atoms with Crippen molar-refractivity contribution in [3.63, 3.8) is 0 Å². The Balaban J connectivity index is 2.67. The van der Waals surface area contributed by atoms with Crippen molar-refractivity contribution < 1.29 is 18.6 Å². The van der Waals surface area contributed by atoms with Gasteiger partial charge in [0, 0.05) is 6.07 Å². The third kappa shape index (κ3) is 2.65. The van der Waals surface area contributed by atoms with Crippen LogP contribution in [0.25, 0.3) is 11.0 Å². The second-order valence-electron chi connectivity index (χ2n) is 6.05. The van der Waals surface area contributed by atoms with Crippen LogP contribution >= 0.6 is 0 Å². The first kappa shape index (κ1) is 15.5. The molecule has 116 valence electrons. The Bertz CT molecular complexity index is 640. The van der Waals surface area contributed by atoms with Gasteiger partial charge < -0.3 is 24.4 Å². The molecule has 1 aromatic carbocycles. The maximum Gasteiger partial charge on any atom is 0.204 e. The van der Waals surface area contributed by atoms with E-state index in [1.54, 1.807) is 27.4 Å². The van der Waals surface area contributed by atoms with E-state index < -0.39 is 0 Å². The van der Waals surface area contributed by atoms with Crippen molar-refractivity contribution in [2.75, 3.05) is 21.3 Å². The zero-order valence-electron chi connectivity index (χ0n) is 13.4. The Hall–Kier alpha value is -1.88. The van der Waals surface area contributed by atoms with Gasteiger partial charge in [-0.1, -0.05) is 20.8 Å². The lowest BCUT2D eigenvalue weighted by molar-refractivity contribution is 0.290. The molecule has 2 aromatic rings. The molecule has 0 aliphatic carbocycles. The number of ether oxygens (including phenoxy) is 3. The summed E-state index contributed by atoms with van der Waals surface area (Å²) >= 11 is 0. The Kier molecular flexibility index (Phi) is 4.05. The van der Waals surface area contributed by atoms with E-state index in [0.717, 1.165) is 5.39 Å². The molecule has 5 heteroatoms. The quantitative estimate of drug-likeness (QED) is 0.934. The first-order valence-corrected chi connectivity index (χ1v) is 6.81. The molecule has 0 amide bonds. The lowest BCUT2D eigenvalue weighted by atomic mass is 9.86. The summed E-state index contributed by atoms with van der Waals surface area (Å²) in [7, 11) is 4.75. The fourth-order valence-corrected chi connectivity index (χ4v) is 2.26. The molecular weight excluding hydrogens is 270 g/mol. The minimum Gasteiger partial charge on any atom is -0.493 e. The van der Waals surface area contributed by atoms with Gasteiger partial charge in [-0.2, -0.15) is 0 Å². The van der Waals surface area contributed by atoms with E-state index in [0.29, 0.717) is 28.6 Å². The van der Waals surface area contributed by atoms with Crippen molar-refractivity contribution in [2.24, 2.45) is 11.1 Å². The minimum atomic E-state index is -0.216. The molecule has 1 unspecified atom stereocenters. The second kappa shape index (κ2) is 5.48. The second-order valence-corrected chi connectivity index (χ2v) is 6.05. The zero-order chi connectivity index (χ0) is 15.8. The lowest BCUT2D eigenvalue weighted by Crippen LogP contribution is -2.25. The molecule has 5 nitrogen and oxygen atoms in total. The number of nitrogens with two attached hydrogens (primary N) is 1. The fourth-order valence-electron chi connectivity index (χ4n) is 2.26. The van der Waals surface area contributed by atoms with Gasteiger partial charge in [-0.05, 0) is 11.5 Å². The first-order valence-electron chi connectivity index (χ1n) is 6.81. The highest BCUT2D eigenvalue weighted by Crippen LogP contribution is 2.45. The van der Waals surface area contributed by atoms with Crippen molar-refractivity contribution in [1.29, 1.82) is 0 Å². The van der Waals surface area contributed by atoms with E-state index in [9.17, 15) is 0 Å². The molecule has 0 spiro atoms. The van der Waals surface area contributed by atoms with Gasteiger partial charge >= 0.3 is 0 Å². The molecule has 0 bridgehead atoms. The van der Waals surface area contributed by atoms with Crippen LogP contribution < -0.4 is 19.9 Å². The molecule has 2 rings (SSSR count). The summed E-state index contributed by atoms with van der Waals surface area (Å²) in [4.78, 5) is 0. The van der Waals surface area contributed by atoms with Gasteiger partial charge in [-0.15, -0.1) is 0 Å². The monoisotopic (exact) mass is 293 g/mol. The van der Waals surface area contributed by atoms with Crippen molar-refractivity contribution in [1.82, 2.24) is 0 Å². The zero-order valence-corrected chi connectivity index (χ0v) is 13.4. The van der Waals surface area contributed by atoms with Gasteiger partial charge in [0.1, 0.15) is 11.3 Å². The van der Waals surface area contributed by atoms with Crippen LogP contribution in [0.1, 0.15) is 32.6 Å². The minimum absolute atomic E-state index is 0.102. The third-order valence-corrected chi connectivity index (χ3v) is 3.58. The third-order valence-electron chi connectivity index (χ3n) is 3.58. The van der Waals surface area contributed by atoms with Gasteiger partial charge in [0.2, 0.25) is 5.75 Å². The van der Waals surface area contributed by atoms with Crippen LogP contribution in [0.2, 0.25) is 0 Å². The van der Waals surface area contributed by atoms with E-state index in [4.69, 9.17) is 24.4 Å². The Morgan fingerprint density at radius 2 is 1.62 bits per heavy atom. The van der Waals surface area contributed by atoms with Crippen LogP contribution in [-0.4, -0.2) is 21.3 Å². The number of benzene rings is 1. The predicted molar refractivity (Wildman–Crippen MR) is 82.3 cm³/mol. The Labute approximate surface area is 125 Å². The van der Waals surface area contributed by atoms with Gasteiger partial charge in [0.25, 0.3) is 0 Å². The number of rotatable bonds is 4. The van der Waals surface area contributed by atoms with Gasteiger partial charge in [-0.25, -0.2) is 0 Å². The Morgan fingerprint density at radius 1 is 1.00 bits per heavy atom. The average molecular weight is 293 g/mol. The van der Waals surface area contributed by atoms with E-state index in [-0.39, 0.29) is 11.5 Å². The maximum atomic E-state index is 6.27. The summed E-state index contributed by atoms with van der Waals surface area (Å²) in [6.45, 7) is 6.22. The van der Waals surface area contributed by atoms with E-state index in [1.165, 1.54) is 0 Å². The van der Waals surface area contributed by atoms with Crippen molar-refractivity contribution in [3.8, 4) is 17.2 Å². The maximum absolute atomic E-state index is 6.27. The molecule has 0 saturated carbocycles. The predicted octanol–water partition coefficient (Wildman–Crippen LogP) is 3.50. The van der Waals surface area contributed by atoms with Crippen LogP contribution in [0.3, 0.4) is 0 Å². The lowest BCUT2D eigenvalue weighted by Gasteiger charge is -2.24.